The van der Waals surface area contributed by atoms with E-state index in [2.05, 4.69) is 5.32 Å². The predicted molar refractivity (Wildman–Crippen MR) is 61.0 cm³/mol. The lowest BCUT2D eigenvalue weighted by Gasteiger charge is -2.10. The lowest BCUT2D eigenvalue weighted by Crippen LogP contribution is -2.35. The molecule has 1 atom stereocenters. The minimum absolute atomic E-state index is 0.0502. The van der Waals surface area contributed by atoms with Crippen LogP contribution in [0.3, 0.4) is 0 Å². The van der Waals surface area contributed by atoms with Crippen molar-refractivity contribution < 1.29 is 9.53 Å². The number of nitrogens with one attached hydrogen (secondary N) is 1. The van der Waals surface area contributed by atoms with Crippen LogP contribution in [0.4, 0.5) is 0 Å². The zero-order chi connectivity index (χ0) is 11.4. The maximum atomic E-state index is 11.9. The van der Waals surface area contributed by atoms with E-state index in [1.165, 1.54) is 0 Å². The van der Waals surface area contributed by atoms with Crippen molar-refractivity contribution in [3.05, 3.63) is 35.4 Å². The molecule has 16 heavy (non-hydrogen) atoms. The van der Waals surface area contributed by atoms with Crippen LogP contribution < -0.4 is 11.1 Å². The molecule has 1 aromatic rings. The minimum atomic E-state index is -0.0502. The van der Waals surface area contributed by atoms with Gasteiger partial charge in [0.05, 0.1) is 12.6 Å². The van der Waals surface area contributed by atoms with Gasteiger partial charge in [0.2, 0.25) is 0 Å². The first kappa shape index (κ1) is 11.1. The van der Waals surface area contributed by atoms with Gasteiger partial charge in [-0.2, -0.15) is 0 Å². The Hall–Kier alpha value is -1.39. The predicted octanol–water partition coefficient (Wildman–Crippen LogP) is 0.664. The van der Waals surface area contributed by atoms with E-state index in [1.807, 2.05) is 18.2 Å². The molecular weight excluding hydrogens is 204 g/mol. The molecule has 0 aromatic heterocycles. The minimum Gasteiger partial charge on any atom is -0.379 e. The van der Waals surface area contributed by atoms with Crippen LogP contribution in [0.25, 0.3) is 0 Å². The number of nitrogens with two attached hydrogens (primary N) is 1. The zero-order valence-electron chi connectivity index (χ0n) is 9.11. The van der Waals surface area contributed by atoms with Crippen molar-refractivity contribution in [1.82, 2.24) is 5.32 Å². The average molecular weight is 220 g/mol. The van der Waals surface area contributed by atoms with Gasteiger partial charge in [-0.05, 0) is 24.1 Å². The molecule has 0 bridgehead atoms. The molecular formula is C12H16N2O2. The Balaban J connectivity index is 2.01. The van der Waals surface area contributed by atoms with Gasteiger partial charge >= 0.3 is 0 Å². The molecule has 4 nitrogen and oxygen atoms in total. The summed E-state index contributed by atoms with van der Waals surface area (Å²) in [5.41, 5.74) is 7.16. The molecule has 1 unspecified atom stereocenters. The van der Waals surface area contributed by atoms with Crippen molar-refractivity contribution in [2.24, 2.45) is 5.73 Å². The van der Waals surface area contributed by atoms with E-state index in [4.69, 9.17) is 10.5 Å². The fourth-order valence-electron chi connectivity index (χ4n) is 1.76. The molecule has 1 aliphatic heterocycles. The summed E-state index contributed by atoms with van der Waals surface area (Å²) in [7, 11) is 0. The van der Waals surface area contributed by atoms with Gasteiger partial charge in [-0.3, -0.25) is 4.79 Å². The standard InChI is InChI=1S/C12H16N2O2/c13-7-9-2-1-3-10(6-9)12(15)14-11-4-5-16-8-11/h1-3,6,11H,4-5,7-8,13H2,(H,14,15). The molecule has 0 saturated carbocycles. The fourth-order valence-corrected chi connectivity index (χ4v) is 1.76. The van der Waals surface area contributed by atoms with Gasteiger partial charge in [0.15, 0.2) is 0 Å². The normalized spacial score (nSPS) is 19.7. The molecule has 1 aliphatic rings. The molecule has 3 N–H and O–H groups in total. The lowest BCUT2D eigenvalue weighted by molar-refractivity contribution is 0.0930. The van der Waals surface area contributed by atoms with Crippen molar-refractivity contribution in [2.45, 2.75) is 19.0 Å². The van der Waals surface area contributed by atoms with Gasteiger partial charge in [0, 0.05) is 18.7 Å². The molecule has 0 spiro atoms. The van der Waals surface area contributed by atoms with Crippen molar-refractivity contribution in [3.63, 3.8) is 0 Å². The Labute approximate surface area is 94.8 Å². The number of hydrogen-bond acceptors (Lipinski definition) is 3. The van der Waals surface area contributed by atoms with E-state index < -0.39 is 0 Å². The monoisotopic (exact) mass is 220 g/mol. The average Bonchev–Trinajstić information content (AvgIpc) is 2.82. The number of ether oxygens (including phenoxy) is 1. The third kappa shape index (κ3) is 2.59. The summed E-state index contributed by atoms with van der Waals surface area (Å²) < 4.78 is 5.20. The molecule has 86 valence electrons. The van der Waals surface area contributed by atoms with Gasteiger partial charge in [0.1, 0.15) is 0 Å². The van der Waals surface area contributed by atoms with Gasteiger partial charge in [-0.25, -0.2) is 0 Å². The van der Waals surface area contributed by atoms with Crippen molar-refractivity contribution in [3.8, 4) is 0 Å². The van der Waals surface area contributed by atoms with E-state index in [-0.39, 0.29) is 11.9 Å². The summed E-state index contributed by atoms with van der Waals surface area (Å²) in [5, 5.41) is 2.94. The molecule has 0 radical (unpaired) electrons. The Bertz CT molecular complexity index is 373. The topological polar surface area (TPSA) is 64.4 Å². The van der Waals surface area contributed by atoms with Crippen molar-refractivity contribution >= 4 is 5.91 Å². The number of benzene rings is 1. The van der Waals surface area contributed by atoms with E-state index in [0.717, 1.165) is 18.6 Å². The Morgan fingerprint density at radius 1 is 1.56 bits per heavy atom. The van der Waals surface area contributed by atoms with E-state index >= 15 is 0 Å². The van der Waals surface area contributed by atoms with Crippen molar-refractivity contribution in [2.75, 3.05) is 13.2 Å². The van der Waals surface area contributed by atoms with Crippen LogP contribution in [0.15, 0.2) is 24.3 Å². The number of rotatable bonds is 3. The van der Waals surface area contributed by atoms with Crippen LogP contribution >= 0.6 is 0 Å². The Morgan fingerprint density at radius 2 is 2.44 bits per heavy atom. The summed E-state index contributed by atoms with van der Waals surface area (Å²) >= 11 is 0. The third-order valence-corrected chi connectivity index (χ3v) is 2.69. The highest BCUT2D eigenvalue weighted by Gasteiger charge is 2.18. The fraction of sp³-hybridized carbons (Fsp3) is 0.417. The van der Waals surface area contributed by atoms with Gasteiger partial charge in [-0.15, -0.1) is 0 Å². The second-order valence-corrected chi connectivity index (χ2v) is 3.94. The molecule has 0 aliphatic carbocycles. The van der Waals surface area contributed by atoms with Gasteiger partial charge in [-0.1, -0.05) is 12.1 Å². The molecule has 1 amide bonds. The van der Waals surface area contributed by atoms with E-state index in [0.29, 0.717) is 18.7 Å². The summed E-state index contributed by atoms with van der Waals surface area (Å²) in [6.45, 7) is 1.80. The highest BCUT2D eigenvalue weighted by molar-refractivity contribution is 5.94. The van der Waals surface area contributed by atoms with Gasteiger partial charge < -0.3 is 15.8 Å². The third-order valence-electron chi connectivity index (χ3n) is 2.69. The summed E-state index contributed by atoms with van der Waals surface area (Å²) in [5.74, 6) is -0.0502. The number of hydrogen-bond donors (Lipinski definition) is 2. The highest BCUT2D eigenvalue weighted by atomic mass is 16.5. The molecule has 2 rings (SSSR count). The Morgan fingerprint density at radius 3 is 3.12 bits per heavy atom. The molecule has 1 heterocycles. The largest absolute Gasteiger partial charge is 0.379 e. The molecule has 1 saturated heterocycles. The summed E-state index contributed by atoms with van der Waals surface area (Å²) in [6.07, 6.45) is 0.891. The SMILES string of the molecule is NCc1cccc(C(=O)NC2CCOC2)c1. The molecule has 1 fully saturated rings. The number of amides is 1. The first-order chi connectivity index (χ1) is 7.79. The van der Waals surface area contributed by atoms with Crippen molar-refractivity contribution in [1.29, 1.82) is 0 Å². The van der Waals surface area contributed by atoms with Crippen LogP contribution in [0.2, 0.25) is 0 Å². The summed E-state index contributed by atoms with van der Waals surface area (Å²) in [6, 6.07) is 7.53. The second kappa shape index (κ2) is 5.09. The van der Waals surface area contributed by atoms with Crippen LogP contribution in [0, 0.1) is 0 Å². The smallest absolute Gasteiger partial charge is 0.251 e. The summed E-state index contributed by atoms with van der Waals surface area (Å²) in [4.78, 5) is 11.9. The van der Waals surface area contributed by atoms with Crippen LogP contribution in [0.1, 0.15) is 22.3 Å². The van der Waals surface area contributed by atoms with Crippen LogP contribution in [0.5, 0.6) is 0 Å². The second-order valence-electron chi connectivity index (χ2n) is 3.94. The maximum Gasteiger partial charge on any atom is 0.251 e. The molecule has 1 aromatic carbocycles. The first-order valence-electron chi connectivity index (χ1n) is 5.47. The first-order valence-corrected chi connectivity index (χ1v) is 5.47. The van der Waals surface area contributed by atoms with E-state index in [9.17, 15) is 4.79 Å². The zero-order valence-corrected chi connectivity index (χ0v) is 9.11. The van der Waals surface area contributed by atoms with E-state index in [1.54, 1.807) is 6.07 Å². The van der Waals surface area contributed by atoms with Gasteiger partial charge in [0.25, 0.3) is 5.91 Å². The number of carbonyl (C=O) groups excluding carboxylic acids is 1. The van der Waals surface area contributed by atoms with Crippen LogP contribution in [-0.2, 0) is 11.3 Å². The van der Waals surface area contributed by atoms with Crippen LogP contribution in [-0.4, -0.2) is 25.2 Å². The lowest BCUT2D eigenvalue weighted by atomic mass is 10.1. The highest BCUT2D eigenvalue weighted by Crippen LogP contribution is 2.08. The maximum absolute atomic E-state index is 11.9. The number of carbonyl (C=O) groups is 1. The Kier molecular flexibility index (Phi) is 3.54. The molecule has 4 heteroatoms. The quantitative estimate of drug-likeness (QED) is 0.786.